The lowest BCUT2D eigenvalue weighted by atomic mass is 9.97. The van der Waals surface area contributed by atoms with E-state index in [1.54, 1.807) is 19.2 Å². The van der Waals surface area contributed by atoms with Crippen LogP contribution in [0.5, 0.6) is 0 Å². The average Bonchev–Trinajstić information content (AvgIpc) is 2.86. The van der Waals surface area contributed by atoms with E-state index in [0.29, 0.717) is 5.56 Å². The van der Waals surface area contributed by atoms with Crippen LogP contribution in [0.15, 0.2) is 48.5 Å². The number of hydrogen-bond acceptors (Lipinski definition) is 2. The summed E-state index contributed by atoms with van der Waals surface area (Å²) in [5.74, 6) is -0.128. The molecular weight excluding hydrogens is 307 g/mol. The van der Waals surface area contributed by atoms with Crippen molar-refractivity contribution < 1.29 is 22.7 Å². The Hall–Kier alpha value is -2.34. The fourth-order valence-corrected chi connectivity index (χ4v) is 2.61. The summed E-state index contributed by atoms with van der Waals surface area (Å²) in [6.07, 6.45) is -4.89. The van der Waals surface area contributed by atoms with Crippen molar-refractivity contribution in [2.75, 3.05) is 13.7 Å². The number of halogens is 3. The first-order valence-corrected chi connectivity index (χ1v) is 7.02. The summed E-state index contributed by atoms with van der Waals surface area (Å²) in [4.78, 5) is 13.1. The lowest BCUT2D eigenvalue weighted by molar-refractivity contribution is -0.137. The van der Waals surface area contributed by atoms with E-state index in [9.17, 15) is 18.0 Å². The molecule has 2 aromatic rings. The first-order valence-electron chi connectivity index (χ1n) is 7.02. The van der Waals surface area contributed by atoms with Gasteiger partial charge in [0.1, 0.15) is 6.61 Å². The van der Waals surface area contributed by atoms with E-state index in [1.807, 2.05) is 12.1 Å². The van der Waals surface area contributed by atoms with Crippen molar-refractivity contribution in [3.05, 3.63) is 59.7 Å². The van der Waals surface area contributed by atoms with Gasteiger partial charge in [-0.25, -0.2) is 0 Å². The number of carbonyl (C=O) groups excluding carboxylic acids is 1. The van der Waals surface area contributed by atoms with Crippen molar-refractivity contribution in [2.24, 2.45) is 0 Å². The molecule has 1 aliphatic rings. The van der Waals surface area contributed by atoms with Gasteiger partial charge in [-0.1, -0.05) is 36.4 Å². The van der Waals surface area contributed by atoms with E-state index < -0.39 is 18.0 Å². The summed E-state index contributed by atoms with van der Waals surface area (Å²) in [5.41, 5.74) is 1.45. The predicted octanol–water partition coefficient (Wildman–Crippen LogP) is 3.86. The van der Waals surface area contributed by atoms with E-state index in [2.05, 4.69) is 0 Å². The summed E-state index contributed by atoms with van der Waals surface area (Å²) in [6.45, 7) is 0.00249. The molecule has 1 saturated heterocycles. The van der Waals surface area contributed by atoms with Crippen molar-refractivity contribution in [1.29, 1.82) is 0 Å². The number of amides is 1. The van der Waals surface area contributed by atoms with Crippen LogP contribution >= 0.6 is 0 Å². The number of carbonyl (C=O) groups is 1. The Labute approximate surface area is 131 Å². The predicted molar refractivity (Wildman–Crippen MR) is 78.3 cm³/mol. The molecule has 0 aromatic heterocycles. The Bertz CT molecular complexity index is 725. The average molecular weight is 321 g/mol. The minimum atomic E-state index is -4.36. The van der Waals surface area contributed by atoms with Crippen LogP contribution in [-0.4, -0.2) is 24.5 Å². The van der Waals surface area contributed by atoms with Gasteiger partial charge in [0.2, 0.25) is 0 Å². The molecule has 120 valence electrons. The van der Waals surface area contributed by atoms with Gasteiger partial charge in [-0.15, -0.1) is 0 Å². The maximum absolute atomic E-state index is 12.7. The largest absolute Gasteiger partial charge is 0.416 e. The zero-order chi connectivity index (χ0) is 16.6. The number of likely N-dealkylation sites (N-methyl/N-ethyl adjacent to an activating group) is 1. The van der Waals surface area contributed by atoms with E-state index in [1.165, 1.54) is 17.0 Å². The zero-order valence-electron chi connectivity index (χ0n) is 12.3. The standard InChI is InChI=1S/C17H14F3NO2/c1-21-15(22)10-23-16(21)14-5-3-2-4-13(14)11-6-8-12(9-7-11)17(18,19)20/h2-9,16H,10H2,1H3. The highest BCUT2D eigenvalue weighted by Gasteiger charge is 2.32. The molecule has 1 aliphatic heterocycles. The van der Waals surface area contributed by atoms with Crippen molar-refractivity contribution in [3.8, 4) is 11.1 Å². The summed E-state index contributed by atoms with van der Waals surface area (Å²) >= 11 is 0. The molecule has 0 spiro atoms. The number of rotatable bonds is 2. The molecule has 1 atom stereocenters. The normalized spacial score (nSPS) is 18.5. The Morgan fingerprint density at radius 1 is 1.09 bits per heavy atom. The molecule has 3 rings (SSSR count). The molecule has 0 saturated carbocycles. The summed E-state index contributed by atoms with van der Waals surface area (Å²) in [5, 5.41) is 0. The van der Waals surface area contributed by atoms with Gasteiger partial charge < -0.3 is 9.64 Å². The van der Waals surface area contributed by atoms with E-state index in [0.717, 1.165) is 23.3 Å². The lowest BCUT2D eigenvalue weighted by Gasteiger charge is -2.21. The zero-order valence-corrected chi connectivity index (χ0v) is 12.3. The topological polar surface area (TPSA) is 29.5 Å². The Morgan fingerprint density at radius 3 is 2.30 bits per heavy atom. The van der Waals surface area contributed by atoms with E-state index in [-0.39, 0.29) is 12.5 Å². The second kappa shape index (κ2) is 5.70. The van der Waals surface area contributed by atoms with Gasteiger partial charge in [-0.3, -0.25) is 4.79 Å². The highest BCUT2D eigenvalue weighted by atomic mass is 19.4. The van der Waals surface area contributed by atoms with Gasteiger partial charge in [-0.2, -0.15) is 13.2 Å². The fraction of sp³-hybridized carbons (Fsp3) is 0.235. The molecule has 0 N–H and O–H groups in total. The lowest BCUT2D eigenvalue weighted by Crippen LogP contribution is -2.23. The number of ether oxygens (including phenoxy) is 1. The molecule has 1 unspecified atom stereocenters. The molecule has 1 fully saturated rings. The van der Waals surface area contributed by atoms with Gasteiger partial charge in [-0.05, 0) is 23.3 Å². The van der Waals surface area contributed by atoms with Crippen molar-refractivity contribution >= 4 is 5.91 Å². The van der Waals surface area contributed by atoms with Crippen LogP contribution in [0.1, 0.15) is 17.4 Å². The molecule has 3 nitrogen and oxygen atoms in total. The van der Waals surface area contributed by atoms with Gasteiger partial charge >= 0.3 is 6.18 Å². The van der Waals surface area contributed by atoms with E-state index in [4.69, 9.17) is 4.74 Å². The van der Waals surface area contributed by atoms with Crippen LogP contribution in [0.4, 0.5) is 13.2 Å². The van der Waals surface area contributed by atoms with Crippen molar-refractivity contribution in [1.82, 2.24) is 4.90 Å². The second-order valence-electron chi connectivity index (χ2n) is 5.33. The minimum Gasteiger partial charge on any atom is -0.344 e. The van der Waals surface area contributed by atoms with Gasteiger partial charge in [0, 0.05) is 12.6 Å². The third-order valence-electron chi connectivity index (χ3n) is 3.86. The van der Waals surface area contributed by atoms with Gasteiger partial charge in [0.05, 0.1) is 5.56 Å². The summed E-state index contributed by atoms with van der Waals surface area (Å²) in [7, 11) is 1.64. The van der Waals surface area contributed by atoms with Crippen molar-refractivity contribution in [2.45, 2.75) is 12.4 Å². The van der Waals surface area contributed by atoms with Crippen LogP contribution in [0.2, 0.25) is 0 Å². The minimum absolute atomic E-state index is 0.00249. The molecule has 6 heteroatoms. The maximum atomic E-state index is 12.7. The number of nitrogens with zero attached hydrogens (tertiary/aromatic N) is 1. The number of hydrogen-bond donors (Lipinski definition) is 0. The van der Waals surface area contributed by atoms with Crippen LogP contribution < -0.4 is 0 Å². The van der Waals surface area contributed by atoms with Crippen LogP contribution in [0, 0.1) is 0 Å². The molecule has 0 aliphatic carbocycles. The van der Waals surface area contributed by atoms with Gasteiger partial charge in [0.15, 0.2) is 6.23 Å². The van der Waals surface area contributed by atoms with Crippen molar-refractivity contribution in [3.63, 3.8) is 0 Å². The molecular formula is C17H14F3NO2. The fourth-order valence-electron chi connectivity index (χ4n) is 2.61. The first-order chi connectivity index (χ1) is 10.9. The SMILES string of the molecule is CN1C(=O)COC1c1ccccc1-c1ccc(C(F)(F)F)cc1. The summed E-state index contributed by atoms with van der Waals surface area (Å²) < 4.78 is 43.5. The smallest absolute Gasteiger partial charge is 0.344 e. The third kappa shape index (κ3) is 2.94. The maximum Gasteiger partial charge on any atom is 0.416 e. The molecule has 0 radical (unpaired) electrons. The monoisotopic (exact) mass is 321 g/mol. The van der Waals surface area contributed by atoms with Crippen LogP contribution in [-0.2, 0) is 15.7 Å². The third-order valence-corrected chi connectivity index (χ3v) is 3.86. The summed E-state index contributed by atoms with van der Waals surface area (Å²) in [6, 6.07) is 12.2. The highest BCUT2D eigenvalue weighted by Crippen LogP contribution is 2.36. The molecule has 23 heavy (non-hydrogen) atoms. The molecule has 2 aromatic carbocycles. The van der Waals surface area contributed by atoms with Crippen LogP contribution in [0.3, 0.4) is 0 Å². The molecule has 1 heterocycles. The number of benzene rings is 2. The van der Waals surface area contributed by atoms with Gasteiger partial charge in [0.25, 0.3) is 5.91 Å². The Balaban J connectivity index is 1.99. The second-order valence-corrected chi connectivity index (χ2v) is 5.33. The number of alkyl halides is 3. The molecule has 0 bridgehead atoms. The van der Waals surface area contributed by atoms with E-state index >= 15 is 0 Å². The molecule has 1 amide bonds. The quantitative estimate of drug-likeness (QED) is 0.840. The highest BCUT2D eigenvalue weighted by molar-refractivity contribution is 5.80. The first kappa shape index (κ1) is 15.6. The Kier molecular flexibility index (Phi) is 3.85. The van der Waals surface area contributed by atoms with Crippen LogP contribution in [0.25, 0.3) is 11.1 Å². The Morgan fingerprint density at radius 2 is 1.74 bits per heavy atom.